The number of aromatic nitrogens is 3. The Labute approximate surface area is 150 Å². The van der Waals surface area contributed by atoms with Crippen molar-refractivity contribution in [3.8, 4) is 11.3 Å². The smallest absolute Gasteiger partial charge is 0.251 e. The molecule has 0 atom stereocenters. The normalized spacial score (nSPS) is 10.5. The van der Waals surface area contributed by atoms with Gasteiger partial charge < -0.3 is 9.88 Å². The van der Waals surface area contributed by atoms with Crippen molar-refractivity contribution in [2.45, 2.75) is 13.1 Å². The zero-order valence-corrected chi connectivity index (χ0v) is 14.9. The minimum atomic E-state index is -0.240. The van der Waals surface area contributed by atoms with Gasteiger partial charge in [-0.25, -0.2) is 4.98 Å². The molecule has 3 heterocycles. The molecule has 0 unspecified atom stereocenters. The van der Waals surface area contributed by atoms with E-state index in [4.69, 9.17) is 0 Å². The molecule has 0 saturated heterocycles. The van der Waals surface area contributed by atoms with Crippen molar-refractivity contribution in [3.63, 3.8) is 0 Å². The second-order valence-electron chi connectivity index (χ2n) is 4.95. The molecule has 3 rings (SSSR count). The Balaban J connectivity index is 1.60. The van der Waals surface area contributed by atoms with Crippen LogP contribution in [0.3, 0.4) is 0 Å². The van der Waals surface area contributed by atoms with Crippen molar-refractivity contribution in [3.05, 3.63) is 68.1 Å². The second-order valence-corrected chi connectivity index (χ2v) is 6.81. The summed E-state index contributed by atoms with van der Waals surface area (Å²) in [4.78, 5) is 32.2. The van der Waals surface area contributed by atoms with E-state index >= 15 is 0 Å². The Bertz CT molecular complexity index is 908. The summed E-state index contributed by atoms with van der Waals surface area (Å²) in [6.07, 6.45) is 5.02. The molecule has 0 saturated carbocycles. The van der Waals surface area contributed by atoms with Crippen molar-refractivity contribution in [2.24, 2.45) is 0 Å². The van der Waals surface area contributed by atoms with Crippen molar-refractivity contribution in [1.82, 2.24) is 19.9 Å². The summed E-state index contributed by atoms with van der Waals surface area (Å²) in [5, 5.41) is 5.52. The van der Waals surface area contributed by atoms with Gasteiger partial charge in [0.1, 0.15) is 11.6 Å². The molecular weight excluding hydrogens is 392 g/mol. The number of carbonyl (C=O) groups is 1. The van der Waals surface area contributed by atoms with Gasteiger partial charge in [-0.05, 0) is 34.1 Å². The monoisotopic (exact) mass is 404 g/mol. The fourth-order valence-corrected chi connectivity index (χ4v) is 3.18. The van der Waals surface area contributed by atoms with Gasteiger partial charge in [0, 0.05) is 40.1 Å². The molecule has 0 fully saturated rings. The van der Waals surface area contributed by atoms with E-state index in [2.05, 4.69) is 31.2 Å². The summed E-state index contributed by atoms with van der Waals surface area (Å²) >= 11 is 4.76. The predicted octanol–water partition coefficient (Wildman–Crippen LogP) is 2.45. The number of carbonyl (C=O) groups excluding carboxylic acids is 1. The first-order valence-corrected chi connectivity index (χ1v) is 8.76. The van der Waals surface area contributed by atoms with Crippen LogP contribution < -0.4 is 10.9 Å². The molecule has 0 bridgehead atoms. The van der Waals surface area contributed by atoms with Crippen LogP contribution in [0.1, 0.15) is 5.01 Å². The molecule has 6 nitrogen and oxygen atoms in total. The number of hydrogen-bond donors (Lipinski definition) is 1. The van der Waals surface area contributed by atoms with Crippen LogP contribution in [0.4, 0.5) is 0 Å². The number of nitrogens with one attached hydrogen (secondary N) is 1. The van der Waals surface area contributed by atoms with Crippen LogP contribution in [0, 0.1) is 0 Å². The summed E-state index contributed by atoms with van der Waals surface area (Å²) < 4.78 is 2.10. The number of hydrogen-bond acceptors (Lipinski definition) is 5. The molecule has 0 spiro atoms. The van der Waals surface area contributed by atoms with E-state index in [1.165, 1.54) is 22.0 Å². The summed E-state index contributed by atoms with van der Waals surface area (Å²) in [5.41, 5.74) is 1.62. The maximum absolute atomic E-state index is 12.0. The van der Waals surface area contributed by atoms with Crippen LogP contribution >= 0.6 is 27.3 Å². The van der Waals surface area contributed by atoms with Crippen molar-refractivity contribution >= 4 is 33.2 Å². The Morgan fingerprint density at radius 1 is 1.25 bits per heavy atom. The van der Waals surface area contributed by atoms with Gasteiger partial charge in [-0.15, -0.1) is 11.3 Å². The van der Waals surface area contributed by atoms with E-state index in [-0.39, 0.29) is 18.0 Å². The minimum Gasteiger partial charge on any atom is -0.348 e. The Hall–Kier alpha value is -2.32. The van der Waals surface area contributed by atoms with Crippen molar-refractivity contribution in [2.75, 3.05) is 0 Å². The molecule has 3 aromatic heterocycles. The third-order valence-electron chi connectivity index (χ3n) is 3.23. The first-order chi connectivity index (χ1) is 11.6. The lowest BCUT2D eigenvalue weighted by Gasteiger charge is -2.06. The average molecular weight is 405 g/mol. The number of pyridine rings is 2. The lowest BCUT2D eigenvalue weighted by Crippen LogP contribution is -2.31. The van der Waals surface area contributed by atoms with Crippen LogP contribution in [0.25, 0.3) is 11.3 Å². The maximum Gasteiger partial charge on any atom is 0.251 e. The van der Waals surface area contributed by atoms with Gasteiger partial charge in [-0.1, -0.05) is 0 Å². The van der Waals surface area contributed by atoms with Crippen LogP contribution in [-0.4, -0.2) is 20.4 Å². The average Bonchev–Trinajstić information content (AvgIpc) is 3.06. The first kappa shape index (κ1) is 16.5. The summed E-state index contributed by atoms with van der Waals surface area (Å²) in [6, 6.07) is 6.83. The highest BCUT2D eigenvalue weighted by molar-refractivity contribution is 9.10. The standard InChI is InChI=1S/C16H13BrN4O2S/c17-12-1-2-16(23)21(8-12)9-14(22)19-7-15-20-13(10-24-15)11-3-5-18-6-4-11/h1-6,8,10H,7,9H2,(H,19,22). The molecular formula is C16H13BrN4O2S. The highest BCUT2D eigenvalue weighted by Gasteiger charge is 2.08. The molecule has 0 aromatic carbocycles. The predicted molar refractivity (Wildman–Crippen MR) is 95.6 cm³/mol. The molecule has 3 aromatic rings. The van der Waals surface area contributed by atoms with Crippen LogP contribution in [0.2, 0.25) is 0 Å². The molecule has 0 aliphatic rings. The first-order valence-electron chi connectivity index (χ1n) is 7.09. The Morgan fingerprint density at radius 2 is 2.04 bits per heavy atom. The van der Waals surface area contributed by atoms with E-state index < -0.39 is 0 Å². The summed E-state index contributed by atoms with van der Waals surface area (Å²) in [7, 11) is 0. The lowest BCUT2D eigenvalue weighted by atomic mass is 10.2. The number of nitrogens with zero attached hydrogens (tertiary/aromatic N) is 3. The topological polar surface area (TPSA) is 76.9 Å². The summed E-state index contributed by atoms with van der Waals surface area (Å²) in [6.45, 7) is 0.304. The third-order valence-corrected chi connectivity index (χ3v) is 4.54. The number of rotatable bonds is 5. The fourth-order valence-electron chi connectivity index (χ4n) is 2.06. The highest BCUT2D eigenvalue weighted by Crippen LogP contribution is 2.20. The third kappa shape index (κ3) is 4.15. The largest absolute Gasteiger partial charge is 0.348 e. The Kier molecular flexibility index (Phi) is 5.17. The fraction of sp³-hybridized carbons (Fsp3) is 0.125. The number of thiazole rings is 1. The van der Waals surface area contributed by atoms with Crippen LogP contribution in [-0.2, 0) is 17.9 Å². The van der Waals surface area contributed by atoms with Gasteiger partial charge in [-0.2, -0.15) is 0 Å². The van der Waals surface area contributed by atoms with Gasteiger partial charge in [0.2, 0.25) is 5.91 Å². The molecule has 1 amide bonds. The molecule has 0 aliphatic carbocycles. The molecule has 0 aliphatic heterocycles. The zero-order chi connectivity index (χ0) is 16.9. The molecule has 0 radical (unpaired) electrons. The van der Waals surface area contributed by atoms with Gasteiger partial charge in [0.25, 0.3) is 5.56 Å². The molecule has 122 valence electrons. The van der Waals surface area contributed by atoms with Crippen molar-refractivity contribution in [1.29, 1.82) is 0 Å². The highest BCUT2D eigenvalue weighted by atomic mass is 79.9. The zero-order valence-electron chi connectivity index (χ0n) is 12.5. The van der Waals surface area contributed by atoms with E-state index in [1.54, 1.807) is 24.7 Å². The van der Waals surface area contributed by atoms with Gasteiger partial charge >= 0.3 is 0 Å². The van der Waals surface area contributed by atoms with Crippen molar-refractivity contribution < 1.29 is 4.79 Å². The minimum absolute atomic E-state index is 0.0269. The van der Waals surface area contributed by atoms with Gasteiger partial charge in [-0.3, -0.25) is 14.6 Å². The van der Waals surface area contributed by atoms with E-state index in [0.717, 1.165) is 20.7 Å². The second kappa shape index (κ2) is 7.50. The number of amides is 1. The maximum atomic E-state index is 12.0. The van der Waals surface area contributed by atoms with Gasteiger partial charge in [0.15, 0.2) is 0 Å². The molecule has 8 heteroatoms. The van der Waals surface area contributed by atoms with Crippen LogP contribution in [0.15, 0.2) is 57.5 Å². The van der Waals surface area contributed by atoms with Crippen LogP contribution in [0.5, 0.6) is 0 Å². The quantitative estimate of drug-likeness (QED) is 0.708. The Morgan fingerprint density at radius 3 is 2.83 bits per heavy atom. The molecule has 1 N–H and O–H groups in total. The lowest BCUT2D eigenvalue weighted by molar-refractivity contribution is -0.121. The van der Waals surface area contributed by atoms with E-state index in [9.17, 15) is 9.59 Å². The van der Waals surface area contributed by atoms with E-state index in [0.29, 0.717) is 6.54 Å². The number of halogens is 1. The SMILES string of the molecule is O=C(Cn1cc(Br)ccc1=O)NCc1nc(-c2ccncc2)cs1. The van der Waals surface area contributed by atoms with E-state index in [1.807, 2.05) is 17.5 Å². The molecule has 24 heavy (non-hydrogen) atoms. The van der Waals surface area contributed by atoms with Gasteiger partial charge in [0.05, 0.1) is 12.2 Å². The summed E-state index contributed by atoms with van der Waals surface area (Å²) in [5.74, 6) is -0.240.